The average Bonchev–Trinajstić information content (AvgIpc) is 2.60. The van der Waals surface area contributed by atoms with E-state index in [0.29, 0.717) is 6.42 Å². The molecule has 0 radical (unpaired) electrons. The topological polar surface area (TPSA) is 49.4 Å². The van der Waals surface area contributed by atoms with Crippen molar-refractivity contribution in [3.63, 3.8) is 0 Å². The smallest absolute Gasteiger partial charge is 0.237 e. The van der Waals surface area contributed by atoms with Crippen LogP contribution in [0.4, 0.5) is 0 Å². The van der Waals surface area contributed by atoms with Crippen LogP contribution in [-0.2, 0) is 9.59 Å². The van der Waals surface area contributed by atoms with Gasteiger partial charge in [0.15, 0.2) is 0 Å². The predicted octanol–water partition coefficient (Wildman–Crippen LogP) is 1.73. The first-order valence-electron chi connectivity index (χ1n) is 6.78. The first kappa shape index (κ1) is 15.2. The van der Waals surface area contributed by atoms with Crippen LogP contribution < -0.4 is 5.32 Å². The number of amides is 1. The summed E-state index contributed by atoms with van der Waals surface area (Å²) in [5.41, 5.74) is -0.207. The molecular weight excluding hydrogens is 228 g/mol. The second kappa shape index (κ2) is 5.83. The molecular formula is C14H26N2O2. The third-order valence-corrected chi connectivity index (χ3v) is 3.32. The van der Waals surface area contributed by atoms with E-state index in [1.54, 1.807) is 6.92 Å². The minimum Gasteiger partial charge on any atom is -0.350 e. The van der Waals surface area contributed by atoms with Gasteiger partial charge in [0.1, 0.15) is 5.78 Å². The van der Waals surface area contributed by atoms with Gasteiger partial charge in [-0.25, -0.2) is 0 Å². The zero-order valence-electron chi connectivity index (χ0n) is 12.2. The molecule has 2 unspecified atom stereocenters. The monoisotopic (exact) mass is 254 g/mol. The molecule has 1 rings (SSSR count). The third-order valence-electron chi connectivity index (χ3n) is 3.32. The molecule has 1 saturated heterocycles. The number of nitrogens with one attached hydrogen (secondary N) is 1. The molecule has 18 heavy (non-hydrogen) atoms. The maximum Gasteiger partial charge on any atom is 0.237 e. The van der Waals surface area contributed by atoms with Gasteiger partial charge in [-0.3, -0.25) is 14.5 Å². The summed E-state index contributed by atoms with van der Waals surface area (Å²) in [6, 6.07) is 0.0827. The van der Waals surface area contributed by atoms with Gasteiger partial charge in [-0.1, -0.05) is 0 Å². The number of carbonyl (C=O) groups excluding carboxylic acids is 2. The summed E-state index contributed by atoms with van der Waals surface area (Å²) in [5, 5.41) is 3.00. The zero-order chi connectivity index (χ0) is 13.9. The molecule has 1 heterocycles. The van der Waals surface area contributed by atoms with Gasteiger partial charge in [-0.15, -0.1) is 0 Å². The largest absolute Gasteiger partial charge is 0.350 e. The number of rotatable bonds is 4. The SMILES string of the molecule is CC(=O)CC1CCCN1C(C)C(=O)NC(C)(C)C. The number of carbonyl (C=O) groups is 2. The van der Waals surface area contributed by atoms with Crippen molar-refractivity contribution in [2.24, 2.45) is 0 Å². The summed E-state index contributed by atoms with van der Waals surface area (Å²) in [5.74, 6) is 0.258. The zero-order valence-corrected chi connectivity index (χ0v) is 12.2. The number of likely N-dealkylation sites (tertiary alicyclic amines) is 1. The Labute approximate surface area is 110 Å². The molecule has 0 aromatic rings. The molecule has 104 valence electrons. The Bertz CT molecular complexity index is 320. The first-order valence-corrected chi connectivity index (χ1v) is 6.78. The Morgan fingerprint density at radius 1 is 1.39 bits per heavy atom. The van der Waals surface area contributed by atoms with E-state index in [0.717, 1.165) is 19.4 Å². The third kappa shape index (κ3) is 4.41. The van der Waals surface area contributed by atoms with Crippen molar-refractivity contribution in [1.82, 2.24) is 10.2 Å². The van der Waals surface area contributed by atoms with E-state index in [4.69, 9.17) is 0 Å². The van der Waals surface area contributed by atoms with Crippen molar-refractivity contribution in [3.05, 3.63) is 0 Å². The molecule has 1 N–H and O–H groups in total. The molecule has 2 atom stereocenters. The maximum absolute atomic E-state index is 12.1. The molecule has 0 aliphatic carbocycles. The molecule has 0 aromatic heterocycles. The Hall–Kier alpha value is -0.900. The summed E-state index contributed by atoms with van der Waals surface area (Å²) >= 11 is 0. The van der Waals surface area contributed by atoms with Crippen LogP contribution in [0.5, 0.6) is 0 Å². The molecule has 1 aliphatic rings. The maximum atomic E-state index is 12.1. The summed E-state index contributed by atoms with van der Waals surface area (Å²) in [6.07, 6.45) is 2.66. The van der Waals surface area contributed by atoms with E-state index in [-0.39, 0.29) is 29.3 Å². The van der Waals surface area contributed by atoms with Crippen molar-refractivity contribution in [1.29, 1.82) is 0 Å². The van der Waals surface area contributed by atoms with Crippen molar-refractivity contribution in [2.45, 2.75) is 71.5 Å². The van der Waals surface area contributed by atoms with Gasteiger partial charge in [0.25, 0.3) is 0 Å². The van der Waals surface area contributed by atoms with Gasteiger partial charge in [0.05, 0.1) is 6.04 Å². The minimum atomic E-state index is -0.207. The normalized spacial score (nSPS) is 22.8. The van der Waals surface area contributed by atoms with Crippen molar-refractivity contribution in [3.8, 4) is 0 Å². The quantitative estimate of drug-likeness (QED) is 0.831. The van der Waals surface area contributed by atoms with Gasteiger partial charge in [-0.2, -0.15) is 0 Å². The molecule has 4 nitrogen and oxygen atoms in total. The highest BCUT2D eigenvalue weighted by Gasteiger charge is 2.33. The van der Waals surface area contributed by atoms with Gasteiger partial charge >= 0.3 is 0 Å². The fraction of sp³-hybridized carbons (Fsp3) is 0.857. The van der Waals surface area contributed by atoms with E-state index in [2.05, 4.69) is 10.2 Å². The second-order valence-electron chi connectivity index (χ2n) is 6.36. The molecule has 0 aromatic carbocycles. The number of hydrogen-bond acceptors (Lipinski definition) is 3. The lowest BCUT2D eigenvalue weighted by atomic mass is 10.1. The molecule has 1 fully saturated rings. The summed E-state index contributed by atoms with van der Waals surface area (Å²) in [4.78, 5) is 25.5. The van der Waals surface area contributed by atoms with Crippen LogP contribution in [0.15, 0.2) is 0 Å². The summed E-state index contributed by atoms with van der Waals surface area (Å²) in [7, 11) is 0. The van der Waals surface area contributed by atoms with E-state index >= 15 is 0 Å². The van der Waals surface area contributed by atoms with Crippen molar-refractivity contribution in [2.75, 3.05) is 6.54 Å². The van der Waals surface area contributed by atoms with Crippen LogP contribution in [-0.4, -0.2) is 40.8 Å². The Balaban J connectivity index is 2.62. The van der Waals surface area contributed by atoms with Crippen LogP contribution in [0.3, 0.4) is 0 Å². The highest BCUT2D eigenvalue weighted by molar-refractivity contribution is 5.82. The first-order chi connectivity index (χ1) is 8.20. The fourth-order valence-electron chi connectivity index (χ4n) is 2.54. The van der Waals surface area contributed by atoms with Crippen LogP contribution >= 0.6 is 0 Å². The number of nitrogens with zero attached hydrogens (tertiary/aromatic N) is 1. The Kier molecular flexibility index (Phi) is 4.91. The van der Waals surface area contributed by atoms with Gasteiger partial charge in [0, 0.05) is 18.0 Å². The minimum absolute atomic E-state index is 0.0537. The van der Waals surface area contributed by atoms with Crippen molar-refractivity contribution < 1.29 is 9.59 Å². The lowest BCUT2D eigenvalue weighted by Gasteiger charge is -2.32. The molecule has 1 amide bonds. The Morgan fingerprint density at radius 3 is 2.50 bits per heavy atom. The van der Waals surface area contributed by atoms with Crippen molar-refractivity contribution >= 4 is 11.7 Å². The lowest BCUT2D eigenvalue weighted by molar-refractivity contribution is -0.128. The van der Waals surface area contributed by atoms with Crippen LogP contribution in [0.2, 0.25) is 0 Å². The van der Waals surface area contributed by atoms with E-state index < -0.39 is 0 Å². The highest BCUT2D eigenvalue weighted by Crippen LogP contribution is 2.23. The average molecular weight is 254 g/mol. The highest BCUT2D eigenvalue weighted by atomic mass is 16.2. The van der Waals surface area contributed by atoms with Crippen LogP contribution in [0.1, 0.15) is 53.9 Å². The molecule has 0 spiro atoms. The second-order valence-corrected chi connectivity index (χ2v) is 6.36. The molecule has 4 heteroatoms. The van der Waals surface area contributed by atoms with Gasteiger partial charge in [0.2, 0.25) is 5.91 Å². The fourth-order valence-corrected chi connectivity index (χ4v) is 2.54. The molecule has 0 saturated carbocycles. The molecule has 1 aliphatic heterocycles. The predicted molar refractivity (Wildman–Crippen MR) is 72.4 cm³/mol. The lowest BCUT2D eigenvalue weighted by Crippen LogP contribution is -2.52. The van der Waals surface area contributed by atoms with E-state index in [1.807, 2.05) is 27.7 Å². The standard InChI is InChI=1S/C14H26N2O2/c1-10(17)9-12-7-6-8-16(12)11(2)13(18)15-14(3,4)5/h11-12H,6-9H2,1-5H3,(H,15,18). The van der Waals surface area contributed by atoms with E-state index in [1.165, 1.54) is 0 Å². The number of ketones is 1. The van der Waals surface area contributed by atoms with Crippen LogP contribution in [0, 0.1) is 0 Å². The molecule has 0 bridgehead atoms. The number of hydrogen-bond donors (Lipinski definition) is 1. The Morgan fingerprint density at radius 2 is 2.00 bits per heavy atom. The summed E-state index contributed by atoms with van der Waals surface area (Å²) < 4.78 is 0. The number of Topliss-reactive ketones (excluding diaryl/α,β-unsaturated/α-hetero) is 1. The van der Waals surface area contributed by atoms with E-state index in [9.17, 15) is 9.59 Å². The van der Waals surface area contributed by atoms with Gasteiger partial charge in [-0.05, 0) is 54.0 Å². The summed E-state index contributed by atoms with van der Waals surface area (Å²) in [6.45, 7) is 10.4. The van der Waals surface area contributed by atoms with Gasteiger partial charge < -0.3 is 5.32 Å². The van der Waals surface area contributed by atoms with Crippen LogP contribution in [0.25, 0.3) is 0 Å².